The number of sulfonamides is 1. The molecule has 0 aromatic heterocycles. The summed E-state index contributed by atoms with van der Waals surface area (Å²) in [6, 6.07) is 10.2. The third-order valence-electron chi connectivity index (χ3n) is 3.10. The van der Waals surface area contributed by atoms with Crippen molar-refractivity contribution in [2.24, 2.45) is 0 Å². The molecule has 2 aromatic rings. The summed E-state index contributed by atoms with van der Waals surface area (Å²) in [5, 5.41) is 0. The lowest BCUT2D eigenvalue weighted by molar-refractivity contribution is -0.133. The molecule has 0 aliphatic heterocycles. The third-order valence-corrected chi connectivity index (χ3v) is 4.50. The first-order valence-corrected chi connectivity index (χ1v) is 8.29. The van der Waals surface area contributed by atoms with E-state index in [1.165, 1.54) is 13.0 Å². The standard InChI is InChI=1S/C16H16FNO4S/c1-11-3-5-13(6-4-11)22-16(19)10-18-23(20,21)14-7-8-15(17)12(2)9-14/h3-9,18H,10H2,1-2H3. The number of carbonyl (C=O) groups excluding carboxylic acids is 1. The van der Waals surface area contributed by atoms with Crippen molar-refractivity contribution in [2.45, 2.75) is 18.7 Å². The minimum Gasteiger partial charge on any atom is -0.426 e. The predicted octanol–water partition coefficient (Wildman–Crippen LogP) is 2.33. The topological polar surface area (TPSA) is 72.5 Å². The Labute approximate surface area is 134 Å². The summed E-state index contributed by atoms with van der Waals surface area (Å²) in [5.74, 6) is -0.906. The van der Waals surface area contributed by atoms with Crippen LogP contribution in [0.2, 0.25) is 0 Å². The maximum Gasteiger partial charge on any atom is 0.326 e. The number of hydrogen-bond donors (Lipinski definition) is 1. The van der Waals surface area contributed by atoms with Gasteiger partial charge in [0.15, 0.2) is 0 Å². The molecule has 0 bridgehead atoms. The van der Waals surface area contributed by atoms with Crippen LogP contribution in [0.25, 0.3) is 0 Å². The van der Waals surface area contributed by atoms with Crippen LogP contribution in [0.1, 0.15) is 11.1 Å². The smallest absolute Gasteiger partial charge is 0.326 e. The van der Waals surface area contributed by atoms with Gasteiger partial charge in [-0.2, -0.15) is 4.72 Å². The van der Waals surface area contributed by atoms with Crippen molar-refractivity contribution in [1.82, 2.24) is 4.72 Å². The molecule has 0 fully saturated rings. The van der Waals surface area contributed by atoms with Gasteiger partial charge in [0.05, 0.1) is 4.90 Å². The zero-order chi connectivity index (χ0) is 17.0. The van der Waals surface area contributed by atoms with Gasteiger partial charge in [0, 0.05) is 0 Å². The highest BCUT2D eigenvalue weighted by Crippen LogP contribution is 2.14. The number of hydrogen-bond acceptors (Lipinski definition) is 4. The van der Waals surface area contributed by atoms with Gasteiger partial charge in [-0.3, -0.25) is 4.79 Å². The number of halogens is 1. The Hall–Kier alpha value is -2.25. The molecule has 2 rings (SSSR count). The zero-order valence-corrected chi connectivity index (χ0v) is 13.5. The van der Waals surface area contributed by atoms with Crippen molar-refractivity contribution in [3.63, 3.8) is 0 Å². The van der Waals surface area contributed by atoms with Crippen molar-refractivity contribution < 1.29 is 22.3 Å². The van der Waals surface area contributed by atoms with Crippen LogP contribution in [0.3, 0.4) is 0 Å². The van der Waals surface area contributed by atoms with Crippen LogP contribution in [-0.2, 0) is 14.8 Å². The van der Waals surface area contributed by atoms with Gasteiger partial charge in [-0.15, -0.1) is 0 Å². The van der Waals surface area contributed by atoms with E-state index in [-0.39, 0.29) is 10.5 Å². The van der Waals surface area contributed by atoms with E-state index in [0.29, 0.717) is 5.75 Å². The molecule has 0 spiro atoms. The molecule has 0 aliphatic rings. The molecule has 0 radical (unpaired) electrons. The summed E-state index contributed by atoms with van der Waals surface area (Å²) in [5.41, 5.74) is 1.22. The summed E-state index contributed by atoms with van der Waals surface area (Å²) < 4.78 is 44.4. The van der Waals surface area contributed by atoms with Gasteiger partial charge < -0.3 is 4.74 Å². The number of benzene rings is 2. The monoisotopic (exact) mass is 337 g/mol. The minimum absolute atomic E-state index is 0.112. The van der Waals surface area contributed by atoms with E-state index in [4.69, 9.17) is 4.74 Å². The molecule has 0 atom stereocenters. The van der Waals surface area contributed by atoms with Gasteiger partial charge in [-0.05, 0) is 49.7 Å². The van der Waals surface area contributed by atoms with Crippen LogP contribution < -0.4 is 9.46 Å². The normalized spacial score (nSPS) is 11.3. The first-order chi connectivity index (χ1) is 10.8. The molecule has 1 N–H and O–H groups in total. The van der Waals surface area contributed by atoms with Crippen LogP contribution in [-0.4, -0.2) is 20.9 Å². The number of carbonyl (C=O) groups is 1. The summed E-state index contributed by atoms with van der Waals surface area (Å²) >= 11 is 0. The van der Waals surface area contributed by atoms with E-state index in [0.717, 1.165) is 17.7 Å². The van der Waals surface area contributed by atoms with Gasteiger partial charge >= 0.3 is 5.97 Å². The molecule has 2 aromatic carbocycles. The van der Waals surface area contributed by atoms with Crippen molar-refractivity contribution in [3.05, 3.63) is 59.4 Å². The van der Waals surface area contributed by atoms with Crippen LogP contribution in [0.15, 0.2) is 47.4 Å². The largest absolute Gasteiger partial charge is 0.426 e. The molecule has 0 amide bonds. The lowest BCUT2D eigenvalue weighted by atomic mass is 10.2. The first-order valence-electron chi connectivity index (χ1n) is 6.81. The molecule has 23 heavy (non-hydrogen) atoms. The molecule has 0 unspecified atom stereocenters. The van der Waals surface area contributed by atoms with Gasteiger partial charge in [0.25, 0.3) is 0 Å². The van der Waals surface area contributed by atoms with Crippen LogP contribution in [0.4, 0.5) is 4.39 Å². The lowest BCUT2D eigenvalue weighted by Gasteiger charge is -2.08. The van der Waals surface area contributed by atoms with E-state index in [1.54, 1.807) is 24.3 Å². The zero-order valence-electron chi connectivity index (χ0n) is 12.7. The second kappa shape index (κ2) is 6.89. The van der Waals surface area contributed by atoms with Gasteiger partial charge in [-0.25, -0.2) is 12.8 Å². The second-order valence-corrected chi connectivity index (χ2v) is 6.79. The first kappa shape index (κ1) is 17.1. The number of rotatable bonds is 5. The van der Waals surface area contributed by atoms with Gasteiger partial charge in [0.1, 0.15) is 18.1 Å². The Morgan fingerprint density at radius 1 is 1.13 bits per heavy atom. The second-order valence-electron chi connectivity index (χ2n) is 5.02. The Morgan fingerprint density at radius 2 is 1.78 bits per heavy atom. The molecule has 0 saturated carbocycles. The number of ether oxygens (including phenoxy) is 1. The molecule has 5 nitrogen and oxygen atoms in total. The van der Waals surface area contributed by atoms with Crippen molar-refractivity contribution >= 4 is 16.0 Å². The summed E-state index contributed by atoms with van der Waals surface area (Å²) in [6.07, 6.45) is 0. The molecule has 0 saturated heterocycles. The van der Waals surface area contributed by atoms with Gasteiger partial charge in [0.2, 0.25) is 10.0 Å². The van der Waals surface area contributed by atoms with E-state index in [2.05, 4.69) is 4.72 Å². The summed E-state index contributed by atoms with van der Waals surface area (Å²) in [6.45, 7) is 2.83. The maximum atomic E-state index is 13.2. The predicted molar refractivity (Wildman–Crippen MR) is 83.1 cm³/mol. The van der Waals surface area contributed by atoms with Crippen molar-refractivity contribution in [1.29, 1.82) is 0 Å². The van der Waals surface area contributed by atoms with Crippen LogP contribution in [0, 0.1) is 19.7 Å². The Kier molecular flexibility index (Phi) is 5.12. The number of aryl methyl sites for hydroxylation is 2. The van der Waals surface area contributed by atoms with E-state index < -0.39 is 28.4 Å². The quantitative estimate of drug-likeness (QED) is 0.671. The molecule has 122 valence electrons. The van der Waals surface area contributed by atoms with Gasteiger partial charge in [-0.1, -0.05) is 17.7 Å². The Bertz CT molecular complexity index is 816. The Balaban J connectivity index is 1.99. The Morgan fingerprint density at radius 3 is 2.39 bits per heavy atom. The van der Waals surface area contributed by atoms with Crippen LogP contribution >= 0.6 is 0 Å². The average molecular weight is 337 g/mol. The number of esters is 1. The number of nitrogens with one attached hydrogen (secondary N) is 1. The van der Waals surface area contributed by atoms with E-state index in [1.807, 2.05) is 6.92 Å². The average Bonchev–Trinajstić information content (AvgIpc) is 2.50. The van der Waals surface area contributed by atoms with E-state index in [9.17, 15) is 17.6 Å². The highest BCUT2D eigenvalue weighted by atomic mass is 32.2. The molecule has 0 aliphatic carbocycles. The fourth-order valence-electron chi connectivity index (χ4n) is 1.80. The summed E-state index contributed by atoms with van der Waals surface area (Å²) in [4.78, 5) is 11.6. The summed E-state index contributed by atoms with van der Waals surface area (Å²) in [7, 11) is -3.91. The van der Waals surface area contributed by atoms with E-state index >= 15 is 0 Å². The van der Waals surface area contributed by atoms with Crippen LogP contribution in [0.5, 0.6) is 5.75 Å². The molecular formula is C16H16FNO4S. The SMILES string of the molecule is Cc1ccc(OC(=O)CNS(=O)(=O)c2ccc(F)c(C)c2)cc1. The fraction of sp³-hybridized carbons (Fsp3) is 0.188. The molecule has 7 heteroatoms. The van der Waals surface area contributed by atoms with Crippen molar-refractivity contribution in [2.75, 3.05) is 6.54 Å². The van der Waals surface area contributed by atoms with Crippen molar-refractivity contribution in [3.8, 4) is 5.75 Å². The molecular weight excluding hydrogens is 321 g/mol. The minimum atomic E-state index is -3.91. The highest BCUT2D eigenvalue weighted by molar-refractivity contribution is 7.89. The molecule has 0 heterocycles. The lowest BCUT2D eigenvalue weighted by Crippen LogP contribution is -2.32. The maximum absolute atomic E-state index is 13.2. The fourth-order valence-corrected chi connectivity index (χ4v) is 2.85. The third kappa shape index (κ3) is 4.61. The highest BCUT2D eigenvalue weighted by Gasteiger charge is 2.17.